The number of rotatable bonds is 7. The molecule has 1 unspecified atom stereocenters. The molecule has 4 rings (SSSR count). The molecule has 0 aliphatic carbocycles. The number of pyridine rings is 1. The zero-order valence-corrected chi connectivity index (χ0v) is 19.2. The van der Waals surface area contributed by atoms with Gasteiger partial charge in [0.25, 0.3) is 5.91 Å². The molecule has 1 fully saturated rings. The number of nitrogens with one attached hydrogen (secondary N) is 1. The summed E-state index contributed by atoms with van der Waals surface area (Å²) in [5, 5.41) is 3.17. The van der Waals surface area contributed by atoms with Gasteiger partial charge in [-0.1, -0.05) is 37.3 Å². The van der Waals surface area contributed by atoms with Crippen molar-refractivity contribution < 1.29 is 9.59 Å². The third-order valence-corrected chi connectivity index (χ3v) is 6.56. The molecule has 2 aromatic rings. The lowest BCUT2D eigenvalue weighted by atomic mass is 10.0. The first-order valence-corrected chi connectivity index (χ1v) is 11.5. The number of benzene rings is 1. The van der Waals surface area contributed by atoms with Crippen molar-refractivity contribution in [3.8, 4) is 0 Å². The van der Waals surface area contributed by atoms with Crippen LogP contribution in [-0.2, 0) is 4.79 Å². The molecule has 1 aromatic heterocycles. The largest absolute Gasteiger partial charge is 0.349 e. The number of hydrogen-bond donors (Lipinski definition) is 1. The molecular weight excluding hydrogens is 400 g/mol. The molecule has 0 bridgehead atoms. The Balaban J connectivity index is 1.38. The molecule has 0 saturated carbocycles. The van der Waals surface area contributed by atoms with Gasteiger partial charge in [0.2, 0.25) is 5.91 Å². The zero-order valence-electron chi connectivity index (χ0n) is 19.2. The van der Waals surface area contributed by atoms with Gasteiger partial charge in [-0.05, 0) is 43.0 Å². The summed E-state index contributed by atoms with van der Waals surface area (Å²) in [5.41, 5.74) is 4.95. The van der Waals surface area contributed by atoms with Crippen molar-refractivity contribution in [2.24, 2.45) is 5.92 Å². The van der Waals surface area contributed by atoms with E-state index in [-0.39, 0.29) is 17.9 Å². The summed E-state index contributed by atoms with van der Waals surface area (Å²) in [5.74, 6) is 0.514. The van der Waals surface area contributed by atoms with E-state index >= 15 is 0 Å². The van der Waals surface area contributed by atoms with Gasteiger partial charge >= 0.3 is 0 Å². The third kappa shape index (κ3) is 4.75. The molecular formula is C26H32N4O2. The summed E-state index contributed by atoms with van der Waals surface area (Å²) in [6, 6.07) is 12.1. The number of carbonyl (C=O) groups excluding carboxylic acids is 2. The van der Waals surface area contributed by atoms with E-state index < -0.39 is 0 Å². The van der Waals surface area contributed by atoms with E-state index in [1.165, 1.54) is 5.57 Å². The van der Waals surface area contributed by atoms with Crippen LogP contribution >= 0.6 is 0 Å². The molecule has 1 aromatic carbocycles. The van der Waals surface area contributed by atoms with Crippen LogP contribution in [0.2, 0.25) is 0 Å². The van der Waals surface area contributed by atoms with Gasteiger partial charge in [-0.15, -0.1) is 0 Å². The van der Waals surface area contributed by atoms with Crippen LogP contribution in [0.5, 0.6) is 0 Å². The number of carbonyl (C=O) groups is 2. The Morgan fingerprint density at radius 3 is 2.62 bits per heavy atom. The summed E-state index contributed by atoms with van der Waals surface area (Å²) >= 11 is 0. The lowest BCUT2D eigenvalue weighted by molar-refractivity contribution is -0.121. The molecule has 0 spiro atoms. The van der Waals surface area contributed by atoms with Crippen LogP contribution in [-0.4, -0.2) is 52.8 Å². The van der Waals surface area contributed by atoms with E-state index in [1.54, 1.807) is 6.20 Å². The van der Waals surface area contributed by atoms with Crippen LogP contribution in [0.3, 0.4) is 0 Å². The third-order valence-electron chi connectivity index (χ3n) is 6.56. The first kappa shape index (κ1) is 22.2. The summed E-state index contributed by atoms with van der Waals surface area (Å²) in [4.78, 5) is 33.7. The van der Waals surface area contributed by atoms with Crippen molar-refractivity contribution >= 4 is 11.8 Å². The second-order valence-electron chi connectivity index (χ2n) is 8.85. The van der Waals surface area contributed by atoms with Crippen molar-refractivity contribution in [1.29, 1.82) is 0 Å². The number of amides is 2. The van der Waals surface area contributed by atoms with Crippen LogP contribution in [0.15, 0.2) is 54.4 Å². The summed E-state index contributed by atoms with van der Waals surface area (Å²) in [6.45, 7) is 9.21. The maximum Gasteiger partial charge on any atom is 0.259 e. The topological polar surface area (TPSA) is 65.5 Å². The molecule has 2 aliphatic rings. The second-order valence-corrected chi connectivity index (χ2v) is 8.85. The Labute approximate surface area is 190 Å². The maximum atomic E-state index is 13.1. The minimum Gasteiger partial charge on any atom is -0.349 e. The Bertz CT molecular complexity index is 997. The normalized spacial score (nSPS) is 18.9. The monoisotopic (exact) mass is 432 g/mol. The molecule has 168 valence electrons. The first-order chi connectivity index (χ1) is 15.5. The van der Waals surface area contributed by atoms with Crippen molar-refractivity contribution in [1.82, 2.24) is 20.1 Å². The molecule has 2 aliphatic heterocycles. The molecule has 1 saturated heterocycles. The van der Waals surface area contributed by atoms with E-state index in [4.69, 9.17) is 0 Å². The number of likely N-dealkylation sites (tertiary alicyclic amines) is 1. The van der Waals surface area contributed by atoms with E-state index in [9.17, 15) is 9.59 Å². The van der Waals surface area contributed by atoms with Gasteiger partial charge < -0.3 is 10.2 Å². The standard InChI is InChI=1S/C26H32N4O2/c1-4-24(31)28-23(20-8-6-5-7-9-20)11-13-29-14-21-16-30(17-22(21)15-29)26(32)25-18(2)10-12-27-19(25)3/h5-10,12,16,22-23H,4,11,13-15,17H2,1-3H3,(H,28,31)/t22?,23-/m0/s1. The highest BCUT2D eigenvalue weighted by Crippen LogP contribution is 2.31. The minimum absolute atomic E-state index is 0.0210. The Kier molecular flexibility index (Phi) is 6.70. The number of fused-ring (bicyclic) bond motifs is 1. The molecule has 6 heteroatoms. The molecule has 2 amide bonds. The van der Waals surface area contributed by atoms with E-state index in [1.807, 2.05) is 56.1 Å². The Morgan fingerprint density at radius 1 is 1.16 bits per heavy atom. The summed E-state index contributed by atoms with van der Waals surface area (Å²) in [7, 11) is 0. The van der Waals surface area contributed by atoms with E-state index in [2.05, 4.69) is 27.3 Å². The van der Waals surface area contributed by atoms with E-state index in [0.717, 1.165) is 55.0 Å². The van der Waals surface area contributed by atoms with Crippen LogP contribution in [0.25, 0.3) is 0 Å². The number of aromatic nitrogens is 1. The van der Waals surface area contributed by atoms with E-state index in [0.29, 0.717) is 12.3 Å². The molecule has 0 radical (unpaired) electrons. The average Bonchev–Trinajstić information content (AvgIpc) is 3.36. The van der Waals surface area contributed by atoms with Crippen LogP contribution in [0.1, 0.15) is 53.0 Å². The molecule has 6 nitrogen and oxygen atoms in total. The SMILES string of the molecule is CCC(=O)N[C@@H](CCN1CC2=CN(C(=O)c3c(C)ccnc3C)CC2C1)c1ccccc1. The van der Waals surface area contributed by atoms with Crippen LogP contribution in [0.4, 0.5) is 0 Å². The molecule has 3 heterocycles. The Hall–Kier alpha value is -2.99. The molecule has 32 heavy (non-hydrogen) atoms. The van der Waals surface area contributed by atoms with Crippen LogP contribution < -0.4 is 5.32 Å². The highest BCUT2D eigenvalue weighted by Gasteiger charge is 2.36. The first-order valence-electron chi connectivity index (χ1n) is 11.5. The zero-order chi connectivity index (χ0) is 22.7. The van der Waals surface area contributed by atoms with Crippen molar-refractivity contribution in [3.63, 3.8) is 0 Å². The van der Waals surface area contributed by atoms with Gasteiger partial charge in [0.05, 0.1) is 17.3 Å². The predicted octanol–water partition coefficient (Wildman–Crippen LogP) is 3.63. The van der Waals surface area contributed by atoms with Gasteiger partial charge in [0, 0.05) is 50.9 Å². The fourth-order valence-electron chi connectivity index (χ4n) is 4.78. The lowest BCUT2D eigenvalue weighted by Gasteiger charge is -2.24. The van der Waals surface area contributed by atoms with Crippen molar-refractivity contribution in [2.75, 3.05) is 26.2 Å². The van der Waals surface area contributed by atoms with Crippen molar-refractivity contribution in [3.05, 3.63) is 76.8 Å². The predicted molar refractivity (Wildman–Crippen MR) is 125 cm³/mol. The van der Waals surface area contributed by atoms with Gasteiger partial charge in [0.1, 0.15) is 0 Å². The number of nitrogens with zero attached hydrogens (tertiary/aromatic N) is 3. The van der Waals surface area contributed by atoms with Crippen molar-refractivity contribution in [2.45, 2.75) is 39.7 Å². The highest BCUT2D eigenvalue weighted by molar-refractivity contribution is 5.97. The average molecular weight is 433 g/mol. The van der Waals surface area contributed by atoms with Gasteiger partial charge in [-0.2, -0.15) is 0 Å². The lowest BCUT2D eigenvalue weighted by Crippen LogP contribution is -2.33. The summed E-state index contributed by atoms with van der Waals surface area (Å²) < 4.78 is 0. The quantitative estimate of drug-likeness (QED) is 0.726. The van der Waals surface area contributed by atoms with Crippen LogP contribution in [0, 0.1) is 19.8 Å². The molecule has 1 N–H and O–H groups in total. The fraction of sp³-hybridized carbons (Fsp3) is 0.423. The fourth-order valence-corrected chi connectivity index (χ4v) is 4.78. The van der Waals surface area contributed by atoms with Gasteiger partial charge in [-0.25, -0.2) is 0 Å². The van der Waals surface area contributed by atoms with Gasteiger partial charge in [0.15, 0.2) is 0 Å². The Morgan fingerprint density at radius 2 is 1.94 bits per heavy atom. The second kappa shape index (κ2) is 9.65. The number of aryl methyl sites for hydroxylation is 2. The highest BCUT2D eigenvalue weighted by atomic mass is 16.2. The minimum atomic E-state index is 0.0210. The summed E-state index contributed by atoms with van der Waals surface area (Å²) in [6.07, 6.45) is 5.16. The maximum absolute atomic E-state index is 13.1. The molecule has 2 atom stereocenters. The smallest absolute Gasteiger partial charge is 0.259 e. The number of hydrogen-bond acceptors (Lipinski definition) is 4. The van der Waals surface area contributed by atoms with Gasteiger partial charge in [-0.3, -0.25) is 19.5 Å².